The number of nitrogens with zero attached hydrogens (tertiary/aromatic N) is 5. The van der Waals surface area contributed by atoms with E-state index in [1.165, 1.54) is 12.1 Å². The second-order valence-electron chi connectivity index (χ2n) is 6.36. The van der Waals surface area contributed by atoms with Crippen LogP contribution in [0.15, 0.2) is 51.5 Å². The molecule has 0 aliphatic carbocycles. The molecular weight excluding hydrogens is 426 g/mol. The first kappa shape index (κ1) is 18.1. The predicted molar refractivity (Wildman–Crippen MR) is 105 cm³/mol. The number of rotatable bonds is 4. The lowest BCUT2D eigenvalue weighted by Gasteiger charge is -2.24. The van der Waals surface area contributed by atoms with Crippen molar-refractivity contribution >= 4 is 27.3 Å². The Kier molecular flexibility index (Phi) is 4.79. The van der Waals surface area contributed by atoms with Crippen molar-refractivity contribution in [1.82, 2.24) is 10.1 Å². The maximum Gasteiger partial charge on any atom is 0.270 e. The van der Waals surface area contributed by atoms with Gasteiger partial charge in [-0.25, -0.2) is 0 Å². The summed E-state index contributed by atoms with van der Waals surface area (Å²) < 4.78 is 6.40. The molecule has 2 heterocycles. The van der Waals surface area contributed by atoms with E-state index in [9.17, 15) is 15.4 Å². The van der Waals surface area contributed by atoms with Gasteiger partial charge in [-0.2, -0.15) is 10.2 Å². The summed E-state index contributed by atoms with van der Waals surface area (Å²) in [4.78, 5) is 17.1. The third-order valence-electron chi connectivity index (χ3n) is 4.72. The Hall–Kier alpha value is -3.25. The monoisotopic (exact) mass is 439 g/mol. The van der Waals surface area contributed by atoms with Crippen molar-refractivity contribution in [3.05, 3.63) is 68.5 Å². The molecule has 1 aliphatic heterocycles. The van der Waals surface area contributed by atoms with Gasteiger partial charge >= 0.3 is 0 Å². The zero-order chi connectivity index (χ0) is 19.7. The Morgan fingerprint density at radius 1 is 1.32 bits per heavy atom. The molecule has 140 valence electrons. The molecule has 1 atom stereocenters. The van der Waals surface area contributed by atoms with Crippen LogP contribution >= 0.6 is 15.9 Å². The number of hydrogen-bond acceptors (Lipinski definition) is 7. The molecule has 9 heteroatoms. The normalized spacial score (nSPS) is 16.1. The molecule has 28 heavy (non-hydrogen) atoms. The molecule has 0 N–H and O–H groups in total. The fourth-order valence-electron chi connectivity index (χ4n) is 3.41. The Balaban J connectivity index is 1.68. The van der Waals surface area contributed by atoms with E-state index >= 15 is 0 Å². The number of aromatic nitrogens is 2. The lowest BCUT2D eigenvalue weighted by atomic mass is 10.1. The summed E-state index contributed by atoms with van der Waals surface area (Å²) >= 11 is 3.49. The zero-order valence-corrected chi connectivity index (χ0v) is 16.2. The number of hydrogen-bond donors (Lipinski definition) is 0. The van der Waals surface area contributed by atoms with E-state index in [0.29, 0.717) is 23.9 Å². The average Bonchev–Trinajstić information content (AvgIpc) is 3.37. The summed E-state index contributed by atoms with van der Waals surface area (Å²) in [6.07, 6.45) is 1.68. The summed E-state index contributed by atoms with van der Waals surface area (Å²) in [7, 11) is 0. The molecular formula is C19H14BrN5O3. The summed E-state index contributed by atoms with van der Waals surface area (Å²) in [5.41, 5.74) is 1.61. The van der Waals surface area contributed by atoms with Gasteiger partial charge in [-0.05, 0) is 31.0 Å². The topological polar surface area (TPSA) is 109 Å². The minimum Gasteiger partial charge on any atom is -0.358 e. The van der Waals surface area contributed by atoms with Crippen LogP contribution in [0.2, 0.25) is 0 Å². The highest BCUT2D eigenvalue weighted by molar-refractivity contribution is 9.10. The standard InChI is InChI=1S/C19H14BrN5O3/c20-15-5-2-1-4-14(15)18-22-19(28-23-18)17-6-3-9-24(17)16-8-7-13(25(26)27)10-12(16)11-21/h1-2,4-5,7-8,10,17H,3,6,9H2. The van der Waals surface area contributed by atoms with Crippen LogP contribution in [0.5, 0.6) is 0 Å². The fourth-order valence-corrected chi connectivity index (χ4v) is 3.87. The highest BCUT2D eigenvalue weighted by Crippen LogP contribution is 2.38. The van der Waals surface area contributed by atoms with Crippen molar-refractivity contribution in [2.24, 2.45) is 0 Å². The van der Waals surface area contributed by atoms with Gasteiger partial charge in [-0.15, -0.1) is 0 Å². The van der Waals surface area contributed by atoms with Crippen molar-refractivity contribution in [2.75, 3.05) is 11.4 Å². The minimum atomic E-state index is -0.506. The van der Waals surface area contributed by atoms with Gasteiger partial charge in [0.15, 0.2) is 0 Å². The molecule has 1 aliphatic rings. The fraction of sp³-hybridized carbons (Fsp3) is 0.211. The van der Waals surface area contributed by atoms with E-state index < -0.39 is 4.92 Å². The van der Waals surface area contributed by atoms with Crippen molar-refractivity contribution < 1.29 is 9.45 Å². The maximum atomic E-state index is 11.0. The lowest BCUT2D eigenvalue weighted by molar-refractivity contribution is -0.384. The number of nitro groups is 1. The quantitative estimate of drug-likeness (QED) is 0.430. The highest BCUT2D eigenvalue weighted by Gasteiger charge is 2.33. The molecule has 1 fully saturated rings. The molecule has 8 nitrogen and oxygen atoms in total. The minimum absolute atomic E-state index is 0.106. The van der Waals surface area contributed by atoms with Crippen LogP contribution in [0.25, 0.3) is 11.4 Å². The molecule has 0 bridgehead atoms. The third-order valence-corrected chi connectivity index (χ3v) is 5.41. The second kappa shape index (κ2) is 7.40. The van der Waals surface area contributed by atoms with E-state index in [4.69, 9.17) is 4.52 Å². The smallest absolute Gasteiger partial charge is 0.270 e. The Bertz CT molecular complexity index is 1090. The molecule has 4 rings (SSSR count). The largest absolute Gasteiger partial charge is 0.358 e. The van der Waals surface area contributed by atoms with E-state index in [1.54, 1.807) is 6.07 Å². The van der Waals surface area contributed by atoms with Gasteiger partial charge in [-0.1, -0.05) is 33.2 Å². The molecule has 1 saturated heterocycles. The number of non-ortho nitro benzene ring substituents is 1. The van der Waals surface area contributed by atoms with E-state index in [1.807, 2.05) is 29.2 Å². The predicted octanol–water partition coefficient (Wildman–Crippen LogP) is 4.62. The molecule has 1 unspecified atom stereocenters. The first-order valence-corrected chi connectivity index (χ1v) is 9.41. The van der Waals surface area contributed by atoms with Crippen LogP contribution in [-0.2, 0) is 0 Å². The van der Waals surface area contributed by atoms with E-state index in [0.717, 1.165) is 22.9 Å². The third kappa shape index (κ3) is 3.23. The van der Waals surface area contributed by atoms with E-state index in [2.05, 4.69) is 32.1 Å². The van der Waals surface area contributed by atoms with Gasteiger partial charge < -0.3 is 9.42 Å². The Morgan fingerprint density at radius 3 is 2.89 bits per heavy atom. The van der Waals surface area contributed by atoms with Gasteiger partial charge in [0.25, 0.3) is 5.69 Å². The van der Waals surface area contributed by atoms with Gasteiger partial charge in [0, 0.05) is 28.7 Å². The van der Waals surface area contributed by atoms with Crippen LogP contribution in [0, 0.1) is 21.4 Å². The van der Waals surface area contributed by atoms with Crippen LogP contribution in [0.3, 0.4) is 0 Å². The van der Waals surface area contributed by atoms with Crippen LogP contribution in [0.1, 0.15) is 30.3 Å². The van der Waals surface area contributed by atoms with Crippen molar-refractivity contribution in [3.63, 3.8) is 0 Å². The molecule has 2 aromatic carbocycles. The number of nitriles is 1. The first-order chi connectivity index (χ1) is 13.6. The number of anilines is 1. The second-order valence-corrected chi connectivity index (χ2v) is 7.21. The van der Waals surface area contributed by atoms with Crippen molar-refractivity contribution in [3.8, 4) is 17.5 Å². The Labute approximate surface area is 168 Å². The van der Waals surface area contributed by atoms with Gasteiger partial charge in [0.1, 0.15) is 12.1 Å². The van der Waals surface area contributed by atoms with E-state index in [-0.39, 0.29) is 17.3 Å². The van der Waals surface area contributed by atoms with Crippen LogP contribution < -0.4 is 4.90 Å². The number of benzene rings is 2. The summed E-state index contributed by atoms with van der Waals surface area (Å²) in [5, 5.41) is 24.6. The molecule has 0 radical (unpaired) electrons. The van der Waals surface area contributed by atoms with Crippen molar-refractivity contribution in [2.45, 2.75) is 18.9 Å². The van der Waals surface area contributed by atoms with Gasteiger partial charge in [-0.3, -0.25) is 10.1 Å². The average molecular weight is 440 g/mol. The van der Waals surface area contributed by atoms with Gasteiger partial charge in [0.2, 0.25) is 11.7 Å². The Morgan fingerprint density at radius 2 is 2.14 bits per heavy atom. The lowest BCUT2D eigenvalue weighted by Crippen LogP contribution is -2.23. The summed E-state index contributed by atoms with van der Waals surface area (Å²) in [6, 6.07) is 13.8. The summed E-state index contributed by atoms with van der Waals surface area (Å²) in [6.45, 7) is 0.698. The van der Waals surface area contributed by atoms with Crippen LogP contribution in [0.4, 0.5) is 11.4 Å². The molecule has 3 aromatic rings. The zero-order valence-electron chi connectivity index (χ0n) is 14.6. The molecule has 0 spiro atoms. The molecule has 1 aromatic heterocycles. The number of nitro benzene ring substituents is 1. The van der Waals surface area contributed by atoms with Crippen molar-refractivity contribution in [1.29, 1.82) is 5.26 Å². The van der Waals surface area contributed by atoms with Gasteiger partial charge in [0.05, 0.1) is 16.2 Å². The summed E-state index contributed by atoms with van der Waals surface area (Å²) in [5.74, 6) is 0.948. The molecule has 0 amide bonds. The first-order valence-electron chi connectivity index (χ1n) is 8.62. The maximum absolute atomic E-state index is 11.0. The SMILES string of the molecule is N#Cc1cc([N+](=O)[O-])ccc1N1CCCC1c1nc(-c2ccccc2Br)no1. The van der Waals surface area contributed by atoms with Crippen LogP contribution in [-0.4, -0.2) is 21.6 Å². The number of halogens is 1. The highest BCUT2D eigenvalue weighted by atomic mass is 79.9. The molecule has 0 saturated carbocycles.